The number of alkyl halides is 2. The van der Waals surface area contributed by atoms with Crippen LogP contribution in [0.15, 0.2) is 24.3 Å². The highest BCUT2D eigenvalue weighted by Crippen LogP contribution is 2.29. The van der Waals surface area contributed by atoms with Gasteiger partial charge in [0.25, 0.3) is 0 Å². The van der Waals surface area contributed by atoms with Crippen molar-refractivity contribution in [3.8, 4) is 5.75 Å². The number of methoxy groups -OCH3 is 1. The molecule has 0 amide bonds. The number of nitrogens with zero attached hydrogens (tertiary/aromatic N) is 1. The van der Waals surface area contributed by atoms with E-state index in [-0.39, 0.29) is 17.8 Å². The lowest BCUT2D eigenvalue weighted by atomic mass is 10.0. The number of hydrogen-bond acceptors (Lipinski definition) is 4. The molecule has 4 nitrogen and oxygen atoms in total. The summed E-state index contributed by atoms with van der Waals surface area (Å²) >= 11 is 0. The molecule has 18 heavy (non-hydrogen) atoms. The first-order valence-electron chi connectivity index (χ1n) is 5.51. The van der Waals surface area contributed by atoms with E-state index in [0.717, 1.165) is 18.7 Å². The molecule has 0 spiro atoms. The molecule has 2 rings (SSSR count). The molecule has 1 saturated heterocycles. The van der Waals surface area contributed by atoms with Gasteiger partial charge in [-0.15, -0.1) is 0 Å². The van der Waals surface area contributed by atoms with Gasteiger partial charge in [-0.2, -0.15) is 8.78 Å². The van der Waals surface area contributed by atoms with E-state index in [4.69, 9.17) is 0 Å². The van der Waals surface area contributed by atoms with Gasteiger partial charge in [-0.05, 0) is 30.7 Å². The lowest BCUT2D eigenvalue weighted by Crippen LogP contribution is -2.53. The first-order valence-corrected chi connectivity index (χ1v) is 5.51. The number of anilines is 1. The molecular formula is C12H13F2NO3. The van der Waals surface area contributed by atoms with Crippen molar-refractivity contribution in [3.63, 3.8) is 0 Å². The molecular weight excluding hydrogens is 244 g/mol. The normalized spacial score (nSPS) is 18.4. The van der Waals surface area contributed by atoms with Gasteiger partial charge in [0.15, 0.2) is 0 Å². The van der Waals surface area contributed by atoms with Crippen LogP contribution in [-0.2, 0) is 9.53 Å². The number of carbonyl (C=O) groups is 1. The van der Waals surface area contributed by atoms with Gasteiger partial charge >= 0.3 is 12.6 Å². The van der Waals surface area contributed by atoms with Crippen LogP contribution in [-0.4, -0.2) is 32.3 Å². The third kappa shape index (κ3) is 2.52. The monoisotopic (exact) mass is 257 g/mol. The molecule has 1 aliphatic rings. The minimum absolute atomic E-state index is 0.101. The van der Waals surface area contributed by atoms with E-state index in [1.54, 1.807) is 12.1 Å². The molecule has 0 bridgehead atoms. The van der Waals surface area contributed by atoms with E-state index in [1.807, 2.05) is 4.90 Å². The van der Waals surface area contributed by atoms with Gasteiger partial charge in [0.1, 0.15) is 11.8 Å². The topological polar surface area (TPSA) is 38.8 Å². The number of ether oxygens (including phenoxy) is 2. The zero-order valence-electron chi connectivity index (χ0n) is 9.81. The predicted molar refractivity (Wildman–Crippen MR) is 60.8 cm³/mol. The molecule has 1 aromatic rings. The minimum Gasteiger partial charge on any atom is -0.467 e. The average Bonchev–Trinajstić information content (AvgIpc) is 2.29. The Hall–Kier alpha value is -1.85. The van der Waals surface area contributed by atoms with Crippen molar-refractivity contribution in [1.29, 1.82) is 0 Å². The second-order valence-corrected chi connectivity index (χ2v) is 3.89. The van der Waals surface area contributed by atoms with Crippen molar-refractivity contribution in [1.82, 2.24) is 0 Å². The van der Waals surface area contributed by atoms with Gasteiger partial charge in [0.2, 0.25) is 0 Å². The van der Waals surface area contributed by atoms with E-state index in [0.29, 0.717) is 0 Å². The summed E-state index contributed by atoms with van der Waals surface area (Å²) in [5, 5.41) is 0. The Morgan fingerprint density at radius 2 is 2.06 bits per heavy atom. The maximum Gasteiger partial charge on any atom is 0.387 e. The smallest absolute Gasteiger partial charge is 0.387 e. The van der Waals surface area contributed by atoms with Crippen LogP contribution in [0.2, 0.25) is 0 Å². The SMILES string of the molecule is COC(=O)C1CCN1c1ccc(OC(F)F)cc1. The Morgan fingerprint density at radius 1 is 1.39 bits per heavy atom. The van der Waals surface area contributed by atoms with Crippen LogP contribution in [0.25, 0.3) is 0 Å². The third-order valence-electron chi connectivity index (χ3n) is 2.89. The van der Waals surface area contributed by atoms with Crippen LogP contribution in [0, 0.1) is 0 Å². The highest BCUT2D eigenvalue weighted by atomic mass is 19.3. The van der Waals surface area contributed by atoms with Gasteiger partial charge in [-0.3, -0.25) is 0 Å². The van der Waals surface area contributed by atoms with Crippen molar-refractivity contribution < 1.29 is 23.0 Å². The molecule has 1 aliphatic heterocycles. The predicted octanol–water partition coefficient (Wildman–Crippen LogP) is 2.04. The number of hydrogen-bond donors (Lipinski definition) is 0. The van der Waals surface area contributed by atoms with Gasteiger partial charge in [-0.1, -0.05) is 0 Å². The molecule has 1 heterocycles. The molecule has 0 N–H and O–H groups in total. The standard InChI is InChI=1S/C12H13F2NO3/c1-17-11(16)10-6-7-15(10)8-2-4-9(5-3-8)18-12(13)14/h2-5,10,12H,6-7H2,1H3. The highest BCUT2D eigenvalue weighted by molar-refractivity contribution is 5.82. The maximum atomic E-state index is 12.0. The summed E-state index contributed by atoms with van der Waals surface area (Å²) in [4.78, 5) is 13.3. The second kappa shape index (κ2) is 5.20. The minimum atomic E-state index is -2.83. The van der Waals surface area contributed by atoms with Crippen molar-refractivity contribution in [2.45, 2.75) is 19.1 Å². The molecule has 1 atom stereocenters. The van der Waals surface area contributed by atoms with E-state index in [9.17, 15) is 13.6 Å². The van der Waals surface area contributed by atoms with Crippen molar-refractivity contribution in [2.24, 2.45) is 0 Å². The summed E-state index contributed by atoms with van der Waals surface area (Å²) in [6.45, 7) is -2.09. The zero-order valence-corrected chi connectivity index (χ0v) is 9.81. The number of carbonyl (C=O) groups excluding carboxylic acids is 1. The van der Waals surface area contributed by atoms with Gasteiger partial charge in [0, 0.05) is 12.2 Å². The Morgan fingerprint density at radius 3 is 2.50 bits per heavy atom. The first-order chi connectivity index (χ1) is 8.61. The van der Waals surface area contributed by atoms with Crippen LogP contribution in [0.1, 0.15) is 6.42 Å². The van der Waals surface area contributed by atoms with Crippen LogP contribution in [0.3, 0.4) is 0 Å². The average molecular weight is 257 g/mol. The number of esters is 1. The lowest BCUT2D eigenvalue weighted by molar-refractivity contribution is -0.143. The fourth-order valence-corrected chi connectivity index (χ4v) is 1.90. The highest BCUT2D eigenvalue weighted by Gasteiger charge is 2.35. The van der Waals surface area contributed by atoms with E-state index >= 15 is 0 Å². The Balaban J connectivity index is 2.04. The maximum absolute atomic E-state index is 12.0. The lowest BCUT2D eigenvalue weighted by Gasteiger charge is -2.40. The Kier molecular flexibility index (Phi) is 3.64. The first kappa shape index (κ1) is 12.6. The summed E-state index contributed by atoms with van der Waals surface area (Å²) in [5.41, 5.74) is 0.790. The zero-order chi connectivity index (χ0) is 13.1. The molecule has 98 valence electrons. The molecule has 1 fully saturated rings. The number of benzene rings is 1. The Labute approximate surface area is 103 Å². The van der Waals surface area contributed by atoms with Crippen molar-refractivity contribution in [2.75, 3.05) is 18.6 Å². The molecule has 6 heteroatoms. The number of halogens is 2. The van der Waals surface area contributed by atoms with Crippen LogP contribution in [0.5, 0.6) is 5.75 Å². The summed E-state index contributed by atoms with van der Waals surface area (Å²) in [6.07, 6.45) is 0.738. The fourth-order valence-electron chi connectivity index (χ4n) is 1.90. The van der Waals surface area contributed by atoms with Gasteiger partial charge in [-0.25, -0.2) is 4.79 Å². The molecule has 0 aromatic heterocycles. The van der Waals surface area contributed by atoms with E-state index in [1.165, 1.54) is 19.2 Å². The summed E-state index contributed by atoms with van der Waals surface area (Å²) < 4.78 is 32.9. The van der Waals surface area contributed by atoms with Crippen LogP contribution in [0.4, 0.5) is 14.5 Å². The van der Waals surface area contributed by atoms with Crippen molar-refractivity contribution >= 4 is 11.7 Å². The van der Waals surface area contributed by atoms with E-state index in [2.05, 4.69) is 9.47 Å². The van der Waals surface area contributed by atoms with Crippen molar-refractivity contribution in [3.05, 3.63) is 24.3 Å². The van der Waals surface area contributed by atoms with E-state index < -0.39 is 6.61 Å². The third-order valence-corrected chi connectivity index (χ3v) is 2.89. The molecule has 1 unspecified atom stereocenters. The fraction of sp³-hybridized carbons (Fsp3) is 0.417. The van der Waals surface area contributed by atoms with Crippen LogP contribution >= 0.6 is 0 Å². The van der Waals surface area contributed by atoms with Gasteiger partial charge in [0.05, 0.1) is 7.11 Å². The molecule has 0 radical (unpaired) electrons. The van der Waals surface area contributed by atoms with Crippen LogP contribution < -0.4 is 9.64 Å². The number of rotatable bonds is 4. The molecule has 1 aromatic carbocycles. The summed E-state index contributed by atoms with van der Waals surface area (Å²) in [7, 11) is 1.35. The molecule has 0 aliphatic carbocycles. The summed E-state index contributed by atoms with van der Waals surface area (Å²) in [5.74, 6) is -0.182. The Bertz CT molecular complexity index is 422. The largest absolute Gasteiger partial charge is 0.467 e. The quantitative estimate of drug-likeness (QED) is 0.774. The second-order valence-electron chi connectivity index (χ2n) is 3.89. The van der Waals surface area contributed by atoms with Gasteiger partial charge < -0.3 is 14.4 Å². The molecule has 0 saturated carbocycles. The summed E-state index contributed by atoms with van der Waals surface area (Å²) in [6, 6.07) is 5.92.